The Labute approximate surface area is 202 Å². The zero-order chi connectivity index (χ0) is 23.9. The fourth-order valence-corrected chi connectivity index (χ4v) is 5.12. The quantitative estimate of drug-likeness (QED) is 0.475. The predicted octanol–water partition coefficient (Wildman–Crippen LogP) is 3.42. The number of H-pyrrole nitrogens is 1. The lowest BCUT2D eigenvalue weighted by Crippen LogP contribution is -2.40. The third-order valence-electron chi connectivity index (χ3n) is 7.17. The molecule has 1 saturated heterocycles. The van der Waals surface area contributed by atoms with Gasteiger partial charge in [-0.25, -0.2) is 4.68 Å². The Morgan fingerprint density at radius 3 is 2.80 bits per heavy atom. The topological polar surface area (TPSA) is 98.2 Å². The highest BCUT2D eigenvalue weighted by molar-refractivity contribution is 5.82. The van der Waals surface area contributed by atoms with Gasteiger partial charge in [-0.15, -0.1) is 5.10 Å². The highest BCUT2D eigenvalue weighted by Gasteiger charge is 2.32. The second-order valence-electron chi connectivity index (χ2n) is 9.60. The Kier molecular flexibility index (Phi) is 5.49. The van der Waals surface area contributed by atoms with Crippen LogP contribution in [-0.4, -0.2) is 50.0 Å². The number of pyridine rings is 1. The molecule has 9 heteroatoms. The molecule has 4 aromatic rings. The number of tetrazole rings is 1. The molecule has 0 saturated carbocycles. The monoisotopic (exact) mass is 472 g/mol. The number of likely N-dealkylation sites (tertiary alicyclic amines) is 1. The van der Waals surface area contributed by atoms with E-state index in [-0.39, 0.29) is 18.4 Å². The zero-order valence-corrected chi connectivity index (χ0v) is 19.9. The maximum Gasteiger partial charge on any atom is 0.253 e. The summed E-state index contributed by atoms with van der Waals surface area (Å²) in [7, 11) is 0. The van der Waals surface area contributed by atoms with Gasteiger partial charge in [0.2, 0.25) is 6.79 Å². The van der Waals surface area contributed by atoms with Crippen molar-refractivity contribution in [2.45, 2.75) is 39.3 Å². The third-order valence-corrected chi connectivity index (χ3v) is 7.17. The molecule has 1 N–H and O–H groups in total. The van der Waals surface area contributed by atoms with Gasteiger partial charge in [0.05, 0.1) is 12.1 Å². The Balaban J connectivity index is 1.43. The molecular formula is C26H28N6O3. The zero-order valence-electron chi connectivity index (χ0n) is 19.9. The number of rotatable bonds is 5. The highest BCUT2D eigenvalue weighted by atomic mass is 16.7. The van der Waals surface area contributed by atoms with Gasteiger partial charge < -0.3 is 14.5 Å². The molecule has 2 aliphatic rings. The van der Waals surface area contributed by atoms with Gasteiger partial charge >= 0.3 is 0 Å². The fourth-order valence-electron chi connectivity index (χ4n) is 5.12. The average molecular weight is 473 g/mol. The van der Waals surface area contributed by atoms with E-state index < -0.39 is 0 Å². The van der Waals surface area contributed by atoms with E-state index in [1.165, 1.54) is 0 Å². The van der Waals surface area contributed by atoms with Crippen LogP contribution >= 0.6 is 0 Å². The number of nitrogens with one attached hydrogen (secondary N) is 1. The summed E-state index contributed by atoms with van der Waals surface area (Å²) in [6, 6.07) is 13.6. The summed E-state index contributed by atoms with van der Waals surface area (Å²) in [6.45, 7) is 6.75. The molecule has 1 fully saturated rings. The van der Waals surface area contributed by atoms with Gasteiger partial charge in [-0.2, -0.15) is 0 Å². The Bertz CT molecular complexity index is 1440. The van der Waals surface area contributed by atoms with Crippen molar-refractivity contribution >= 4 is 10.9 Å². The van der Waals surface area contributed by atoms with E-state index in [0.717, 1.165) is 59.5 Å². The van der Waals surface area contributed by atoms with Crippen LogP contribution < -0.4 is 15.0 Å². The second kappa shape index (κ2) is 8.81. The van der Waals surface area contributed by atoms with E-state index in [9.17, 15) is 4.79 Å². The van der Waals surface area contributed by atoms with Crippen LogP contribution in [0.5, 0.6) is 11.5 Å². The summed E-state index contributed by atoms with van der Waals surface area (Å²) < 4.78 is 12.8. The molecule has 0 amide bonds. The summed E-state index contributed by atoms with van der Waals surface area (Å²) in [5.41, 5.74) is 3.47. The SMILES string of the molecule is Cc1cccc2cc([C@@H](c3nnnn3Cc3ccc4c(c3)OCO4)N3CCC(C)CC3)c(=O)[nH]c12. The van der Waals surface area contributed by atoms with Crippen LogP contribution in [0.15, 0.2) is 47.3 Å². The average Bonchev–Trinajstić information content (AvgIpc) is 3.51. The second-order valence-corrected chi connectivity index (χ2v) is 9.60. The van der Waals surface area contributed by atoms with Crippen LogP contribution in [-0.2, 0) is 6.54 Å². The molecule has 0 bridgehead atoms. The summed E-state index contributed by atoms with van der Waals surface area (Å²) in [5.74, 6) is 2.79. The summed E-state index contributed by atoms with van der Waals surface area (Å²) >= 11 is 0. The Morgan fingerprint density at radius 2 is 1.94 bits per heavy atom. The molecule has 0 radical (unpaired) electrons. The van der Waals surface area contributed by atoms with E-state index in [4.69, 9.17) is 9.47 Å². The number of piperidine rings is 1. The molecule has 2 aromatic carbocycles. The molecule has 4 heterocycles. The van der Waals surface area contributed by atoms with Crippen molar-refractivity contribution in [3.05, 3.63) is 75.3 Å². The van der Waals surface area contributed by atoms with E-state index in [1.54, 1.807) is 4.68 Å². The first-order valence-corrected chi connectivity index (χ1v) is 12.1. The number of benzene rings is 2. The van der Waals surface area contributed by atoms with Gasteiger partial charge in [-0.05, 0) is 83.9 Å². The minimum absolute atomic E-state index is 0.104. The number of aromatic nitrogens is 5. The highest BCUT2D eigenvalue weighted by Crippen LogP contribution is 2.34. The van der Waals surface area contributed by atoms with Crippen LogP contribution in [0.4, 0.5) is 0 Å². The number of fused-ring (bicyclic) bond motifs is 2. The van der Waals surface area contributed by atoms with Crippen LogP contribution in [0, 0.1) is 12.8 Å². The maximum absolute atomic E-state index is 13.4. The fraction of sp³-hybridized carbons (Fsp3) is 0.385. The molecule has 0 spiro atoms. The third kappa shape index (κ3) is 4.05. The molecular weight excluding hydrogens is 444 g/mol. The van der Waals surface area contributed by atoms with Gasteiger partial charge in [-0.1, -0.05) is 31.2 Å². The molecule has 2 aromatic heterocycles. The van der Waals surface area contributed by atoms with Gasteiger partial charge in [0.15, 0.2) is 17.3 Å². The minimum atomic E-state index is -0.347. The number of aryl methyl sites for hydroxylation is 1. The lowest BCUT2D eigenvalue weighted by molar-refractivity contribution is 0.149. The molecule has 1 atom stereocenters. The van der Waals surface area contributed by atoms with Crippen LogP contribution in [0.2, 0.25) is 0 Å². The van der Waals surface area contributed by atoms with Crippen molar-refractivity contribution in [3.8, 4) is 11.5 Å². The van der Waals surface area contributed by atoms with E-state index >= 15 is 0 Å². The summed E-state index contributed by atoms with van der Waals surface area (Å²) in [6.07, 6.45) is 2.15. The van der Waals surface area contributed by atoms with Crippen LogP contribution in [0.1, 0.15) is 48.3 Å². The van der Waals surface area contributed by atoms with Crippen molar-refractivity contribution in [3.63, 3.8) is 0 Å². The van der Waals surface area contributed by atoms with Gasteiger partial charge in [0.1, 0.15) is 6.04 Å². The number of aromatic amines is 1. The van der Waals surface area contributed by atoms with Gasteiger partial charge in [-0.3, -0.25) is 9.69 Å². The van der Waals surface area contributed by atoms with Crippen LogP contribution in [0.3, 0.4) is 0 Å². The normalized spacial score (nSPS) is 17.2. The van der Waals surface area contributed by atoms with Crippen LogP contribution in [0.25, 0.3) is 10.9 Å². The number of hydrogen-bond donors (Lipinski definition) is 1. The Hall–Kier alpha value is -3.72. The van der Waals surface area contributed by atoms with E-state index in [2.05, 4.69) is 32.3 Å². The first-order chi connectivity index (χ1) is 17.1. The molecule has 2 aliphatic heterocycles. The lowest BCUT2D eigenvalue weighted by atomic mass is 9.95. The maximum atomic E-state index is 13.4. The van der Waals surface area contributed by atoms with E-state index in [0.29, 0.717) is 23.9 Å². The van der Waals surface area contributed by atoms with Crippen molar-refractivity contribution < 1.29 is 9.47 Å². The molecule has 35 heavy (non-hydrogen) atoms. The summed E-state index contributed by atoms with van der Waals surface area (Å²) in [4.78, 5) is 18.9. The Morgan fingerprint density at radius 1 is 1.11 bits per heavy atom. The number of hydrogen-bond acceptors (Lipinski definition) is 7. The smallest absolute Gasteiger partial charge is 0.253 e. The van der Waals surface area contributed by atoms with Crippen molar-refractivity contribution in [2.24, 2.45) is 5.92 Å². The van der Waals surface area contributed by atoms with Gasteiger partial charge in [0, 0.05) is 5.56 Å². The number of ether oxygens (including phenoxy) is 2. The largest absolute Gasteiger partial charge is 0.454 e. The first kappa shape index (κ1) is 21.8. The molecule has 0 unspecified atom stereocenters. The van der Waals surface area contributed by atoms with Crippen molar-refractivity contribution in [1.82, 2.24) is 30.1 Å². The molecule has 0 aliphatic carbocycles. The lowest BCUT2D eigenvalue weighted by Gasteiger charge is -2.35. The minimum Gasteiger partial charge on any atom is -0.454 e. The van der Waals surface area contributed by atoms with Gasteiger partial charge in [0.25, 0.3) is 5.56 Å². The number of para-hydroxylation sites is 1. The molecule has 180 valence electrons. The molecule has 6 rings (SSSR count). The predicted molar refractivity (Wildman–Crippen MR) is 131 cm³/mol. The van der Waals surface area contributed by atoms with Crippen molar-refractivity contribution in [1.29, 1.82) is 0 Å². The number of nitrogens with zero attached hydrogens (tertiary/aromatic N) is 5. The molecule has 9 nitrogen and oxygen atoms in total. The van der Waals surface area contributed by atoms with Crippen molar-refractivity contribution in [2.75, 3.05) is 19.9 Å². The summed E-state index contributed by atoms with van der Waals surface area (Å²) in [5, 5.41) is 13.8. The standard InChI is InChI=1S/C26H28N6O3/c1-16-8-10-31(11-9-16)24(20-13-19-5-3-4-17(2)23(19)27-26(20)33)25-28-29-30-32(25)14-18-6-7-21-22(12-18)35-15-34-21/h3-7,12-13,16,24H,8-11,14-15H2,1-2H3,(H,27,33)/t24-/m0/s1. The van der Waals surface area contributed by atoms with E-state index in [1.807, 2.05) is 49.4 Å². The first-order valence-electron chi connectivity index (χ1n) is 12.1.